The van der Waals surface area contributed by atoms with Crippen LogP contribution in [-0.2, 0) is 17.9 Å². The van der Waals surface area contributed by atoms with Crippen molar-refractivity contribution < 1.29 is 19.0 Å². The second-order valence-corrected chi connectivity index (χ2v) is 5.35. The maximum Gasteiger partial charge on any atom is 0.251 e. The molecule has 0 aliphatic carbocycles. The maximum atomic E-state index is 12.4. The molecular formula is C20H23NO4. The Morgan fingerprint density at radius 2 is 1.88 bits per heavy atom. The molecule has 5 heteroatoms. The first kappa shape index (κ1) is 18.5. The summed E-state index contributed by atoms with van der Waals surface area (Å²) in [4.78, 5) is 12.4. The first-order valence-electron chi connectivity index (χ1n) is 7.95. The molecule has 0 aliphatic heterocycles. The van der Waals surface area contributed by atoms with Crippen LogP contribution < -0.4 is 14.8 Å². The molecule has 2 rings (SSSR count). The van der Waals surface area contributed by atoms with E-state index in [4.69, 9.17) is 14.2 Å². The Bertz CT molecular complexity index is 727. The Morgan fingerprint density at radius 3 is 2.56 bits per heavy atom. The fraction of sp³-hybridized carbons (Fsp3) is 0.250. The van der Waals surface area contributed by atoms with Gasteiger partial charge in [-0.15, -0.1) is 0 Å². The quantitative estimate of drug-likeness (QED) is 0.711. The number of benzene rings is 2. The van der Waals surface area contributed by atoms with Crippen molar-refractivity contribution in [2.75, 3.05) is 20.8 Å². The van der Waals surface area contributed by atoms with E-state index in [1.807, 2.05) is 24.3 Å². The van der Waals surface area contributed by atoms with E-state index in [0.29, 0.717) is 36.8 Å². The van der Waals surface area contributed by atoms with Crippen LogP contribution in [0, 0.1) is 0 Å². The molecule has 0 aromatic heterocycles. The van der Waals surface area contributed by atoms with Crippen LogP contribution in [0.5, 0.6) is 11.5 Å². The van der Waals surface area contributed by atoms with Crippen molar-refractivity contribution in [1.82, 2.24) is 5.32 Å². The molecule has 132 valence electrons. The molecule has 0 saturated heterocycles. The monoisotopic (exact) mass is 341 g/mol. The first-order chi connectivity index (χ1) is 12.2. The minimum absolute atomic E-state index is 0.180. The van der Waals surface area contributed by atoms with Crippen LogP contribution in [0.25, 0.3) is 0 Å². The molecule has 1 amide bonds. The summed E-state index contributed by atoms with van der Waals surface area (Å²) in [7, 11) is 3.19. The molecule has 0 saturated carbocycles. The van der Waals surface area contributed by atoms with Crippen LogP contribution in [0.2, 0.25) is 0 Å². The zero-order valence-corrected chi connectivity index (χ0v) is 14.6. The lowest BCUT2D eigenvalue weighted by Gasteiger charge is -2.12. The van der Waals surface area contributed by atoms with Gasteiger partial charge in [0.25, 0.3) is 5.91 Å². The van der Waals surface area contributed by atoms with E-state index < -0.39 is 0 Å². The normalized spacial score (nSPS) is 10.2. The fourth-order valence-electron chi connectivity index (χ4n) is 2.38. The van der Waals surface area contributed by atoms with Gasteiger partial charge in [0.2, 0.25) is 0 Å². The zero-order valence-electron chi connectivity index (χ0n) is 14.6. The van der Waals surface area contributed by atoms with Gasteiger partial charge in [0.05, 0.1) is 13.7 Å². The summed E-state index contributed by atoms with van der Waals surface area (Å²) in [6.45, 7) is 4.92. The molecule has 2 aromatic rings. The molecule has 0 heterocycles. The Labute approximate surface area is 148 Å². The van der Waals surface area contributed by atoms with Crippen molar-refractivity contribution in [2.45, 2.75) is 13.2 Å². The lowest BCUT2D eigenvalue weighted by atomic mass is 10.1. The molecule has 2 aromatic carbocycles. The van der Waals surface area contributed by atoms with E-state index in [1.54, 1.807) is 38.5 Å². The van der Waals surface area contributed by atoms with Crippen LogP contribution in [0.3, 0.4) is 0 Å². The number of hydrogen-bond donors (Lipinski definition) is 1. The molecule has 1 N–H and O–H groups in total. The van der Waals surface area contributed by atoms with E-state index in [-0.39, 0.29) is 5.91 Å². The minimum Gasteiger partial charge on any atom is -0.493 e. The molecule has 0 fully saturated rings. The lowest BCUT2D eigenvalue weighted by Crippen LogP contribution is -2.23. The molecule has 0 unspecified atom stereocenters. The van der Waals surface area contributed by atoms with Gasteiger partial charge >= 0.3 is 0 Å². The number of ether oxygens (including phenoxy) is 3. The summed E-state index contributed by atoms with van der Waals surface area (Å²) in [5.41, 5.74) is 2.58. The number of methoxy groups -OCH3 is 2. The van der Waals surface area contributed by atoms with Gasteiger partial charge in [-0.3, -0.25) is 4.79 Å². The highest BCUT2D eigenvalue weighted by molar-refractivity contribution is 5.94. The Morgan fingerprint density at radius 1 is 1.12 bits per heavy atom. The minimum atomic E-state index is -0.180. The second kappa shape index (κ2) is 9.49. The van der Waals surface area contributed by atoms with Crippen molar-refractivity contribution in [1.29, 1.82) is 0 Å². The molecule has 25 heavy (non-hydrogen) atoms. The van der Waals surface area contributed by atoms with Crippen LogP contribution in [0.15, 0.2) is 55.1 Å². The average Bonchev–Trinajstić information content (AvgIpc) is 2.65. The third-order valence-corrected chi connectivity index (χ3v) is 3.64. The number of rotatable bonds is 9. The van der Waals surface area contributed by atoms with E-state index in [0.717, 1.165) is 11.1 Å². The van der Waals surface area contributed by atoms with Crippen LogP contribution in [-0.4, -0.2) is 26.7 Å². The number of hydrogen-bond acceptors (Lipinski definition) is 4. The van der Waals surface area contributed by atoms with Gasteiger partial charge in [-0.1, -0.05) is 36.9 Å². The second-order valence-electron chi connectivity index (χ2n) is 5.35. The summed E-state index contributed by atoms with van der Waals surface area (Å²) in [5, 5.41) is 2.92. The highest BCUT2D eigenvalue weighted by Gasteiger charge is 2.11. The standard InChI is InChI=1S/C20H23NO4/c1-4-11-25-18-10-9-15(12-19(18)24-3)20(22)21-13-16-7-5-6-8-17(16)14-23-2/h4-10,12H,1,11,13-14H2,2-3H3,(H,21,22). The summed E-state index contributed by atoms with van der Waals surface area (Å²) < 4.78 is 16.0. The largest absolute Gasteiger partial charge is 0.493 e. The van der Waals surface area contributed by atoms with Crippen molar-refractivity contribution in [3.05, 3.63) is 71.8 Å². The molecule has 0 spiro atoms. The van der Waals surface area contributed by atoms with Crippen LogP contribution in [0.4, 0.5) is 0 Å². The van der Waals surface area contributed by atoms with Gasteiger partial charge in [-0.2, -0.15) is 0 Å². The van der Waals surface area contributed by atoms with Crippen LogP contribution >= 0.6 is 0 Å². The highest BCUT2D eigenvalue weighted by atomic mass is 16.5. The third-order valence-electron chi connectivity index (χ3n) is 3.64. The Kier molecular flexibility index (Phi) is 7.04. The van der Waals surface area contributed by atoms with Crippen molar-refractivity contribution in [3.8, 4) is 11.5 Å². The topological polar surface area (TPSA) is 56.8 Å². The Balaban J connectivity index is 2.07. The molecule has 0 aliphatic rings. The van der Waals surface area contributed by atoms with Crippen LogP contribution in [0.1, 0.15) is 21.5 Å². The molecular weight excluding hydrogens is 318 g/mol. The predicted octanol–water partition coefficient (Wildman–Crippen LogP) is 3.34. The first-order valence-corrected chi connectivity index (χ1v) is 7.95. The summed E-state index contributed by atoms with van der Waals surface area (Å²) in [6, 6.07) is 12.9. The molecule has 0 bridgehead atoms. The van der Waals surface area contributed by atoms with E-state index >= 15 is 0 Å². The van der Waals surface area contributed by atoms with Crippen molar-refractivity contribution in [3.63, 3.8) is 0 Å². The SMILES string of the molecule is C=CCOc1ccc(C(=O)NCc2ccccc2COC)cc1OC. The average molecular weight is 341 g/mol. The third kappa shape index (κ3) is 5.09. The number of carbonyl (C=O) groups is 1. The maximum absolute atomic E-state index is 12.4. The van der Waals surface area contributed by atoms with E-state index in [1.165, 1.54) is 0 Å². The molecule has 5 nitrogen and oxygen atoms in total. The van der Waals surface area contributed by atoms with Crippen molar-refractivity contribution in [2.24, 2.45) is 0 Å². The predicted molar refractivity (Wildman–Crippen MR) is 97.0 cm³/mol. The lowest BCUT2D eigenvalue weighted by molar-refractivity contribution is 0.0950. The number of carbonyl (C=O) groups excluding carboxylic acids is 1. The zero-order chi connectivity index (χ0) is 18.1. The fourth-order valence-corrected chi connectivity index (χ4v) is 2.38. The van der Waals surface area contributed by atoms with Gasteiger partial charge in [-0.05, 0) is 29.3 Å². The smallest absolute Gasteiger partial charge is 0.251 e. The van der Waals surface area contributed by atoms with E-state index in [9.17, 15) is 4.79 Å². The van der Waals surface area contributed by atoms with Gasteiger partial charge in [0.1, 0.15) is 6.61 Å². The van der Waals surface area contributed by atoms with Gasteiger partial charge in [-0.25, -0.2) is 0 Å². The highest BCUT2D eigenvalue weighted by Crippen LogP contribution is 2.28. The number of nitrogens with one attached hydrogen (secondary N) is 1. The van der Waals surface area contributed by atoms with Gasteiger partial charge in [0, 0.05) is 19.2 Å². The number of amides is 1. The molecule has 0 atom stereocenters. The van der Waals surface area contributed by atoms with Gasteiger partial charge < -0.3 is 19.5 Å². The summed E-state index contributed by atoms with van der Waals surface area (Å²) in [6.07, 6.45) is 1.65. The Hall–Kier alpha value is -2.79. The van der Waals surface area contributed by atoms with Crippen molar-refractivity contribution >= 4 is 5.91 Å². The molecule has 0 radical (unpaired) electrons. The van der Waals surface area contributed by atoms with Gasteiger partial charge in [0.15, 0.2) is 11.5 Å². The van der Waals surface area contributed by atoms with E-state index in [2.05, 4.69) is 11.9 Å². The summed E-state index contributed by atoms with van der Waals surface area (Å²) >= 11 is 0. The summed E-state index contributed by atoms with van der Waals surface area (Å²) in [5.74, 6) is 0.902.